The smallest absolute Gasteiger partial charge is 0.410 e. The van der Waals surface area contributed by atoms with Crippen LogP contribution in [0.3, 0.4) is 0 Å². The molecule has 0 radical (unpaired) electrons. The van der Waals surface area contributed by atoms with Gasteiger partial charge in [0.25, 0.3) is 0 Å². The van der Waals surface area contributed by atoms with Gasteiger partial charge in [-0.2, -0.15) is 0 Å². The van der Waals surface area contributed by atoms with Crippen molar-refractivity contribution in [2.75, 3.05) is 14.2 Å². The predicted molar refractivity (Wildman–Crippen MR) is 213 cm³/mol. The predicted octanol–water partition coefficient (Wildman–Crippen LogP) is 6.11. The lowest BCUT2D eigenvalue weighted by Crippen LogP contribution is -2.62. The molecule has 56 heavy (non-hydrogen) atoms. The Morgan fingerprint density at radius 1 is 0.875 bits per heavy atom. The van der Waals surface area contributed by atoms with Crippen molar-refractivity contribution in [1.82, 2.24) is 20.4 Å². The van der Waals surface area contributed by atoms with Crippen molar-refractivity contribution >= 4 is 29.8 Å². The van der Waals surface area contributed by atoms with Crippen LogP contribution in [0, 0.1) is 17.3 Å². The Hall–Kier alpha value is -5.63. The van der Waals surface area contributed by atoms with Gasteiger partial charge in [0.1, 0.15) is 23.7 Å². The largest absolute Gasteiger partial charge is 0.465 e. The molecule has 0 saturated heterocycles. The van der Waals surface area contributed by atoms with E-state index in [0.717, 1.165) is 41.5 Å². The van der Waals surface area contributed by atoms with Crippen LogP contribution in [0.4, 0.5) is 4.79 Å². The Morgan fingerprint density at radius 3 is 2.20 bits per heavy atom. The normalized spacial score (nSPS) is 17.4. The quantitative estimate of drug-likeness (QED) is 0.219. The van der Waals surface area contributed by atoms with Gasteiger partial charge in [-0.25, -0.2) is 9.59 Å². The number of carbonyl (C=O) groups is 5. The molecule has 296 valence electrons. The maximum absolute atomic E-state index is 14.9. The number of hydrogen-bond donors (Lipinski definition) is 2. The molecule has 0 bridgehead atoms. The molecule has 3 aromatic rings. The summed E-state index contributed by atoms with van der Waals surface area (Å²) < 4.78 is 10.3. The van der Waals surface area contributed by atoms with Crippen molar-refractivity contribution in [2.45, 2.75) is 110 Å². The number of rotatable bonds is 7. The zero-order chi connectivity index (χ0) is 40.9. The third-order valence-electron chi connectivity index (χ3n) is 10.3. The number of likely N-dealkylation sites (N-methyl/N-ethyl adjacent to an activating group) is 1. The van der Waals surface area contributed by atoms with E-state index >= 15 is 0 Å². The average molecular weight is 763 g/mol. The van der Waals surface area contributed by atoms with E-state index in [9.17, 15) is 24.0 Å². The molecule has 5 rings (SSSR count). The van der Waals surface area contributed by atoms with Gasteiger partial charge in [-0.1, -0.05) is 62.9 Å². The van der Waals surface area contributed by atoms with E-state index in [2.05, 4.69) is 34.6 Å². The minimum Gasteiger partial charge on any atom is -0.465 e. The molecule has 2 aliphatic rings. The van der Waals surface area contributed by atoms with Gasteiger partial charge in [0, 0.05) is 31.1 Å². The molecule has 1 aliphatic heterocycles. The molecular weight excluding hydrogens is 709 g/mol. The van der Waals surface area contributed by atoms with Gasteiger partial charge >= 0.3 is 12.1 Å². The van der Waals surface area contributed by atoms with Crippen LogP contribution in [0.5, 0.6) is 0 Å². The maximum atomic E-state index is 14.9. The first-order chi connectivity index (χ1) is 26.4. The van der Waals surface area contributed by atoms with Crippen LogP contribution in [0.1, 0.15) is 111 Å². The van der Waals surface area contributed by atoms with Crippen molar-refractivity contribution in [3.8, 4) is 11.8 Å². The van der Waals surface area contributed by atoms with Gasteiger partial charge in [0.2, 0.25) is 17.7 Å². The fraction of sp³-hybridized carbons (Fsp3) is 0.444. The number of ether oxygens (including phenoxy) is 2. The van der Waals surface area contributed by atoms with E-state index in [1.807, 2.05) is 51.1 Å². The van der Waals surface area contributed by atoms with Crippen molar-refractivity contribution in [3.63, 3.8) is 0 Å². The fourth-order valence-corrected chi connectivity index (χ4v) is 7.00. The number of amides is 4. The van der Waals surface area contributed by atoms with E-state index in [1.54, 1.807) is 56.9 Å². The molecule has 3 aromatic carbocycles. The van der Waals surface area contributed by atoms with E-state index in [-0.39, 0.29) is 24.9 Å². The highest BCUT2D eigenvalue weighted by Gasteiger charge is 2.43. The lowest BCUT2D eigenvalue weighted by Gasteiger charge is -2.42. The first-order valence-corrected chi connectivity index (χ1v) is 19.1. The van der Waals surface area contributed by atoms with Crippen LogP contribution in [0.15, 0.2) is 66.7 Å². The summed E-state index contributed by atoms with van der Waals surface area (Å²) in [7, 11) is 2.81. The Morgan fingerprint density at radius 2 is 1.54 bits per heavy atom. The van der Waals surface area contributed by atoms with Crippen molar-refractivity contribution in [1.29, 1.82) is 0 Å². The number of nitrogens with zero attached hydrogens (tertiary/aromatic N) is 2. The minimum absolute atomic E-state index is 0.118. The van der Waals surface area contributed by atoms with Gasteiger partial charge in [-0.15, -0.1) is 0 Å². The third-order valence-corrected chi connectivity index (χ3v) is 10.3. The standard InChI is InChI=1S/C45H54N4O7/c1-28(48(8)43(54)56-45(5,6)7)39(50)47-38(44(2,3)4)41(52)49-27-34-25-30(18-17-29-19-22-32(23-20-29)42(53)55-9)21-24-33(34)26-37(49)40(51)46-36-16-12-14-31-13-10-11-15-35(31)36/h10-11,13,15,19-25,28,36-38H,12,14,16,26-27H2,1-9H3,(H,46,51)(H,47,50)/t28-,36?,37?,38?/m0/s1. The molecule has 0 fully saturated rings. The molecule has 3 unspecified atom stereocenters. The van der Waals surface area contributed by atoms with E-state index in [4.69, 9.17) is 9.47 Å². The highest BCUT2D eigenvalue weighted by molar-refractivity contribution is 5.95. The molecule has 0 saturated carbocycles. The minimum atomic E-state index is -1.03. The monoisotopic (exact) mass is 762 g/mol. The summed E-state index contributed by atoms with van der Waals surface area (Å²) in [5.74, 6) is 4.70. The van der Waals surface area contributed by atoms with Crippen molar-refractivity contribution < 1.29 is 33.4 Å². The molecular formula is C45H54N4O7. The molecule has 1 aliphatic carbocycles. The molecule has 11 heteroatoms. The molecule has 0 aromatic heterocycles. The summed E-state index contributed by atoms with van der Waals surface area (Å²) in [4.78, 5) is 70.5. The Bertz CT molecular complexity index is 2030. The number of methoxy groups -OCH3 is 1. The van der Waals surface area contributed by atoms with Crippen LogP contribution < -0.4 is 10.6 Å². The van der Waals surface area contributed by atoms with Gasteiger partial charge in [-0.3, -0.25) is 19.3 Å². The van der Waals surface area contributed by atoms with E-state index in [0.29, 0.717) is 11.1 Å². The highest BCUT2D eigenvalue weighted by Crippen LogP contribution is 2.32. The molecule has 1 heterocycles. The lowest BCUT2D eigenvalue weighted by molar-refractivity contribution is -0.147. The van der Waals surface area contributed by atoms with Gasteiger partial charge in [-0.05, 0) is 111 Å². The second-order valence-corrected chi connectivity index (χ2v) is 16.7. The van der Waals surface area contributed by atoms with Crippen molar-refractivity contribution in [2.24, 2.45) is 5.41 Å². The zero-order valence-electron chi connectivity index (χ0n) is 33.9. The van der Waals surface area contributed by atoms with E-state index in [1.165, 1.54) is 24.6 Å². The number of fused-ring (bicyclic) bond motifs is 2. The maximum Gasteiger partial charge on any atom is 0.410 e. The van der Waals surface area contributed by atoms with Crippen LogP contribution in [0.2, 0.25) is 0 Å². The van der Waals surface area contributed by atoms with Crippen LogP contribution >= 0.6 is 0 Å². The topological polar surface area (TPSA) is 134 Å². The number of benzene rings is 3. The summed E-state index contributed by atoms with van der Waals surface area (Å²) in [5, 5.41) is 6.21. The first kappa shape index (κ1) is 41.5. The first-order valence-electron chi connectivity index (χ1n) is 19.1. The Balaban J connectivity index is 1.45. The number of esters is 1. The fourth-order valence-electron chi connectivity index (χ4n) is 7.00. The second kappa shape index (κ2) is 17.0. The number of hydrogen-bond acceptors (Lipinski definition) is 7. The van der Waals surface area contributed by atoms with Crippen LogP contribution in [-0.2, 0) is 43.2 Å². The summed E-state index contributed by atoms with van der Waals surface area (Å²) in [6.07, 6.45) is 2.28. The zero-order valence-corrected chi connectivity index (χ0v) is 33.9. The summed E-state index contributed by atoms with van der Waals surface area (Å²) in [5.41, 5.74) is 4.40. The molecule has 4 atom stereocenters. The SMILES string of the molecule is COC(=O)c1ccc(C#Cc2ccc3c(c2)CN(C(=O)C(NC(=O)[C@H](C)N(C)C(=O)OC(C)(C)C)C(C)(C)C)C(C(=O)NC2CCCc4ccccc42)C3)cc1. The van der Waals surface area contributed by atoms with Gasteiger partial charge < -0.3 is 25.0 Å². The second-order valence-electron chi connectivity index (χ2n) is 16.7. The average Bonchev–Trinajstić information content (AvgIpc) is 3.16. The summed E-state index contributed by atoms with van der Waals surface area (Å²) in [6, 6.07) is 17.7. The number of aryl methyl sites for hydroxylation is 1. The number of carbonyl (C=O) groups excluding carboxylic acids is 5. The third kappa shape index (κ3) is 9.96. The Kier molecular flexibility index (Phi) is 12.6. The van der Waals surface area contributed by atoms with Crippen LogP contribution in [-0.4, -0.2) is 77.5 Å². The summed E-state index contributed by atoms with van der Waals surface area (Å²) >= 11 is 0. The molecule has 11 nitrogen and oxygen atoms in total. The van der Waals surface area contributed by atoms with Gasteiger partial charge in [0.05, 0.1) is 18.7 Å². The summed E-state index contributed by atoms with van der Waals surface area (Å²) in [6.45, 7) is 12.5. The lowest BCUT2D eigenvalue weighted by atomic mass is 9.83. The van der Waals surface area contributed by atoms with Gasteiger partial charge in [0.15, 0.2) is 0 Å². The molecule has 2 N–H and O–H groups in total. The highest BCUT2D eigenvalue weighted by atomic mass is 16.6. The molecule has 4 amide bonds. The van der Waals surface area contributed by atoms with E-state index < -0.39 is 53.0 Å². The molecule has 0 spiro atoms. The Labute approximate surface area is 330 Å². The van der Waals surface area contributed by atoms with Crippen molar-refractivity contribution in [3.05, 3.63) is 106 Å². The van der Waals surface area contributed by atoms with Crippen LogP contribution in [0.25, 0.3) is 0 Å². The number of nitrogens with one attached hydrogen (secondary N) is 2.